The van der Waals surface area contributed by atoms with Gasteiger partial charge in [0, 0.05) is 39.0 Å². The van der Waals surface area contributed by atoms with Crippen LogP contribution in [0.15, 0.2) is 24.3 Å². The fourth-order valence-corrected chi connectivity index (χ4v) is 2.43. The summed E-state index contributed by atoms with van der Waals surface area (Å²) in [7, 11) is 1.62. The van der Waals surface area contributed by atoms with Crippen molar-refractivity contribution in [3.8, 4) is 11.5 Å². The Morgan fingerprint density at radius 1 is 1.27 bits per heavy atom. The predicted octanol–water partition coefficient (Wildman–Crippen LogP) is 1.62. The quantitative estimate of drug-likeness (QED) is 0.586. The summed E-state index contributed by atoms with van der Waals surface area (Å²) in [6.07, 6.45) is 1.56. The minimum absolute atomic E-state index is 0.297. The van der Waals surface area contributed by atoms with Gasteiger partial charge in [-0.1, -0.05) is 0 Å². The molecule has 5 nitrogen and oxygen atoms in total. The largest absolute Gasteiger partial charge is 0.497 e. The Morgan fingerprint density at radius 3 is 2.50 bits per heavy atom. The fraction of sp³-hybridized carbons (Fsp3) is 0.562. The Labute approximate surface area is 130 Å². The van der Waals surface area contributed by atoms with E-state index < -0.39 is 5.67 Å². The van der Waals surface area contributed by atoms with Gasteiger partial charge in [0.2, 0.25) is 6.41 Å². The molecule has 1 aromatic carbocycles. The van der Waals surface area contributed by atoms with Crippen molar-refractivity contribution >= 4 is 6.41 Å². The molecule has 0 radical (unpaired) electrons. The molecule has 1 aliphatic heterocycles. The maximum atomic E-state index is 14.5. The summed E-state index contributed by atoms with van der Waals surface area (Å²) in [5.74, 6) is 1.54. The Morgan fingerprint density at radius 2 is 1.91 bits per heavy atom. The first-order valence-electron chi connectivity index (χ1n) is 7.51. The van der Waals surface area contributed by atoms with Crippen LogP contribution in [0.25, 0.3) is 0 Å². The second-order valence-corrected chi connectivity index (χ2v) is 5.49. The van der Waals surface area contributed by atoms with E-state index in [0.29, 0.717) is 45.6 Å². The van der Waals surface area contributed by atoms with E-state index in [1.165, 1.54) is 0 Å². The van der Waals surface area contributed by atoms with Gasteiger partial charge in [-0.2, -0.15) is 0 Å². The van der Waals surface area contributed by atoms with Gasteiger partial charge in [0.1, 0.15) is 23.8 Å². The zero-order chi connectivity index (χ0) is 15.8. The second kappa shape index (κ2) is 7.98. The van der Waals surface area contributed by atoms with Gasteiger partial charge in [-0.3, -0.25) is 4.79 Å². The van der Waals surface area contributed by atoms with Gasteiger partial charge in [-0.25, -0.2) is 4.39 Å². The highest BCUT2D eigenvalue weighted by molar-refractivity contribution is 5.47. The number of amides is 1. The SMILES string of the molecule is COc1ccc(OCCNCC2(F)CCN(C=O)CC2)cc1. The van der Waals surface area contributed by atoms with E-state index in [1.54, 1.807) is 12.0 Å². The van der Waals surface area contributed by atoms with Crippen LogP contribution in [-0.4, -0.2) is 56.9 Å². The summed E-state index contributed by atoms with van der Waals surface area (Å²) in [5.41, 5.74) is -1.22. The zero-order valence-corrected chi connectivity index (χ0v) is 12.9. The number of benzene rings is 1. The van der Waals surface area contributed by atoms with Gasteiger partial charge in [0.25, 0.3) is 0 Å². The third-order valence-corrected chi connectivity index (χ3v) is 3.89. The smallest absolute Gasteiger partial charge is 0.209 e. The molecule has 0 saturated carbocycles. The highest BCUT2D eigenvalue weighted by Crippen LogP contribution is 2.25. The molecule has 1 aromatic rings. The van der Waals surface area contributed by atoms with Gasteiger partial charge < -0.3 is 19.7 Å². The number of ether oxygens (including phenoxy) is 2. The van der Waals surface area contributed by atoms with Crippen LogP contribution < -0.4 is 14.8 Å². The highest BCUT2D eigenvalue weighted by Gasteiger charge is 2.33. The molecule has 22 heavy (non-hydrogen) atoms. The van der Waals surface area contributed by atoms with Crippen LogP contribution in [0.1, 0.15) is 12.8 Å². The van der Waals surface area contributed by atoms with E-state index >= 15 is 0 Å². The van der Waals surface area contributed by atoms with E-state index in [0.717, 1.165) is 17.9 Å². The number of carbonyl (C=O) groups excluding carboxylic acids is 1. The van der Waals surface area contributed by atoms with Crippen LogP contribution in [0.3, 0.4) is 0 Å². The van der Waals surface area contributed by atoms with Gasteiger partial charge in [-0.05, 0) is 24.3 Å². The molecule has 0 aromatic heterocycles. The first-order valence-corrected chi connectivity index (χ1v) is 7.51. The van der Waals surface area contributed by atoms with Crippen LogP contribution >= 0.6 is 0 Å². The minimum Gasteiger partial charge on any atom is -0.497 e. The number of likely N-dealkylation sites (tertiary alicyclic amines) is 1. The topological polar surface area (TPSA) is 50.8 Å². The fourth-order valence-electron chi connectivity index (χ4n) is 2.43. The van der Waals surface area contributed by atoms with Crippen molar-refractivity contribution in [2.24, 2.45) is 0 Å². The Kier molecular flexibility index (Phi) is 6.00. The molecule has 0 atom stereocenters. The molecule has 1 amide bonds. The number of alkyl halides is 1. The summed E-state index contributed by atoms with van der Waals surface area (Å²) in [4.78, 5) is 12.2. The number of carbonyl (C=O) groups is 1. The lowest BCUT2D eigenvalue weighted by Crippen LogP contribution is -2.47. The summed E-state index contributed by atoms with van der Waals surface area (Å²) < 4.78 is 25.1. The third-order valence-electron chi connectivity index (χ3n) is 3.89. The van der Waals surface area contributed by atoms with Gasteiger partial charge in [0.15, 0.2) is 0 Å². The van der Waals surface area contributed by atoms with E-state index in [2.05, 4.69) is 5.32 Å². The number of piperidine rings is 1. The number of nitrogens with zero attached hydrogens (tertiary/aromatic N) is 1. The maximum Gasteiger partial charge on any atom is 0.209 e. The molecule has 0 unspecified atom stereocenters. The zero-order valence-electron chi connectivity index (χ0n) is 12.9. The van der Waals surface area contributed by atoms with E-state index in [4.69, 9.17) is 9.47 Å². The first kappa shape index (κ1) is 16.5. The molecular formula is C16H23FN2O3. The van der Waals surface area contributed by atoms with Crippen molar-refractivity contribution in [1.29, 1.82) is 0 Å². The van der Waals surface area contributed by atoms with Gasteiger partial charge in [-0.15, -0.1) is 0 Å². The molecule has 1 aliphatic rings. The Hall–Kier alpha value is -1.82. The lowest BCUT2D eigenvalue weighted by atomic mass is 9.93. The van der Waals surface area contributed by atoms with Crippen LogP contribution in [0.2, 0.25) is 0 Å². The normalized spacial score (nSPS) is 17.1. The average Bonchev–Trinajstić information content (AvgIpc) is 2.56. The van der Waals surface area contributed by atoms with Crippen LogP contribution in [0, 0.1) is 0 Å². The van der Waals surface area contributed by atoms with Gasteiger partial charge in [0.05, 0.1) is 7.11 Å². The molecule has 1 saturated heterocycles. The number of methoxy groups -OCH3 is 1. The molecule has 0 spiro atoms. The van der Waals surface area contributed by atoms with Crippen molar-refractivity contribution in [1.82, 2.24) is 10.2 Å². The van der Waals surface area contributed by atoms with E-state index in [-0.39, 0.29) is 0 Å². The number of hydrogen-bond acceptors (Lipinski definition) is 4. The number of nitrogens with one attached hydrogen (secondary N) is 1. The molecule has 0 bridgehead atoms. The molecule has 122 valence electrons. The number of rotatable bonds is 8. The minimum atomic E-state index is -1.22. The van der Waals surface area contributed by atoms with Crippen LogP contribution in [0.4, 0.5) is 4.39 Å². The van der Waals surface area contributed by atoms with E-state index in [9.17, 15) is 9.18 Å². The van der Waals surface area contributed by atoms with Crippen LogP contribution in [-0.2, 0) is 4.79 Å². The van der Waals surface area contributed by atoms with Gasteiger partial charge >= 0.3 is 0 Å². The lowest BCUT2D eigenvalue weighted by molar-refractivity contribution is -0.120. The molecule has 1 heterocycles. The van der Waals surface area contributed by atoms with Crippen LogP contribution in [0.5, 0.6) is 11.5 Å². The maximum absolute atomic E-state index is 14.5. The Bertz CT molecular complexity index is 459. The monoisotopic (exact) mass is 310 g/mol. The Balaban J connectivity index is 1.61. The average molecular weight is 310 g/mol. The van der Waals surface area contributed by atoms with E-state index in [1.807, 2.05) is 24.3 Å². The third kappa shape index (κ3) is 4.87. The van der Waals surface area contributed by atoms with Crippen molar-refractivity contribution < 1.29 is 18.7 Å². The molecule has 2 rings (SSSR count). The molecule has 0 aliphatic carbocycles. The van der Waals surface area contributed by atoms with Crippen molar-refractivity contribution in [2.75, 3.05) is 39.9 Å². The molecule has 1 N–H and O–H groups in total. The van der Waals surface area contributed by atoms with Crippen molar-refractivity contribution in [3.05, 3.63) is 24.3 Å². The predicted molar refractivity (Wildman–Crippen MR) is 82.1 cm³/mol. The second-order valence-electron chi connectivity index (χ2n) is 5.49. The standard InChI is InChI=1S/C16H23FN2O3/c1-21-14-2-4-15(5-3-14)22-11-8-18-12-16(17)6-9-19(13-20)10-7-16/h2-5,13,18H,6-12H2,1H3. The number of halogens is 1. The molecular weight excluding hydrogens is 287 g/mol. The number of hydrogen-bond donors (Lipinski definition) is 1. The first-order chi connectivity index (χ1) is 10.6. The summed E-state index contributed by atoms with van der Waals surface area (Å²) in [6, 6.07) is 7.34. The lowest BCUT2D eigenvalue weighted by Gasteiger charge is -2.34. The summed E-state index contributed by atoms with van der Waals surface area (Å²) in [5, 5.41) is 3.09. The molecule has 1 fully saturated rings. The summed E-state index contributed by atoms with van der Waals surface area (Å²) >= 11 is 0. The molecule has 6 heteroatoms. The van der Waals surface area contributed by atoms with Crippen molar-refractivity contribution in [3.63, 3.8) is 0 Å². The van der Waals surface area contributed by atoms with Crippen molar-refractivity contribution in [2.45, 2.75) is 18.5 Å². The summed E-state index contributed by atoms with van der Waals surface area (Å²) in [6.45, 7) is 2.33. The highest BCUT2D eigenvalue weighted by atomic mass is 19.1.